The molecule has 0 bridgehead atoms. The Bertz CT molecular complexity index is 573. The van der Waals surface area contributed by atoms with E-state index in [1.807, 2.05) is 0 Å². The van der Waals surface area contributed by atoms with Crippen LogP contribution in [0.3, 0.4) is 0 Å². The van der Waals surface area contributed by atoms with Gasteiger partial charge in [0.2, 0.25) is 0 Å². The lowest BCUT2D eigenvalue weighted by atomic mass is 10.1. The van der Waals surface area contributed by atoms with E-state index in [4.69, 9.17) is 10.2 Å². The van der Waals surface area contributed by atoms with E-state index in [-0.39, 0.29) is 11.1 Å². The van der Waals surface area contributed by atoms with Crippen LogP contribution in [0.1, 0.15) is 34.6 Å². The highest BCUT2D eigenvalue weighted by atomic mass is 16.4. The van der Waals surface area contributed by atoms with E-state index < -0.39 is 11.9 Å². The van der Waals surface area contributed by atoms with Gasteiger partial charge in [0.1, 0.15) is 0 Å². The van der Waals surface area contributed by atoms with E-state index in [0.29, 0.717) is 0 Å². The van der Waals surface area contributed by atoms with E-state index in [0.717, 1.165) is 13.3 Å². The van der Waals surface area contributed by atoms with E-state index in [9.17, 15) is 9.59 Å². The molecular formula is C20H34N4O4. The molecule has 8 nitrogen and oxygen atoms in total. The maximum absolute atomic E-state index is 10.5. The number of aromatic carboxylic acids is 2. The fraction of sp³-hybridized carbons (Fsp3) is 0.600. The van der Waals surface area contributed by atoms with Gasteiger partial charge in [-0.1, -0.05) is 26.0 Å². The molecule has 2 heterocycles. The zero-order valence-corrected chi connectivity index (χ0v) is 17.5. The fourth-order valence-corrected chi connectivity index (χ4v) is 2.96. The van der Waals surface area contributed by atoms with Gasteiger partial charge >= 0.3 is 11.9 Å². The molecule has 2 N–H and O–H groups in total. The number of rotatable bonds is 4. The summed E-state index contributed by atoms with van der Waals surface area (Å²) < 4.78 is 0. The highest BCUT2D eigenvalue weighted by Crippen LogP contribution is 2.07. The zero-order chi connectivity index (χ0) is 21.1. The molecule has 0 atom stereocenters. The summed E-state index contributed by atoms with van der Waals surface area (Å²) in [6.07, 6.45) is 0. The van der Waals surface area contributed by atoms with Gasteiger partial charge in [-0.05, 0) is 39.3 Å². The summed E-state index contributed by atoms with van der Waals surface area (Å²) in [7, 11) is 4.32. The molecule has 0 aliphatic carbocycles. The number of carboxylic acids is 2. The molecule has 2 aliphatic heterocycles. The van der Waals surface area contributed by atoms with Crippen LogP contribution in [0.25, 0.3) is 0 Å². The Hall–Kier alpha value is -2.00. The van der Waals surface area contributed by atoms with E-state index in [1.54, 1.807) is 0 Å². The third kappa shape index (κ3) is 8.35. The number of hydrogen-bond donors (Lipinski definition) is 2. The number of likely N-dealkylation sites (N-methyl/N-ethyl adjacent to an activating group) is 4. The Morgan fingerprint density at radius 1 is 0.786 bits per heavy atom. The highest BCUT2D eigenvalue weighted by molar-refractivity contribution is 6.01. The Morgan fingerprint density at radius 2 is 1.14 bits per heavy atom. The third-order valence-corrected chi connectivity index (χ3v) is 4.76. The second kappa shape index (κ2) is 12.5. The molecule has 28 heavy (non-hydrogen) atoms. The van der Waals surface area contributed by atoms with Gasteiger partial charge in [-0.2, -0.15) is 0 Å². The standard InChI is InChI=1S/C8H6O4.2C6H14N2/c9-7(10)5-3-1-2-4-6(5)8(11)12;2*1-3-8-5-4-7(2)6-8/h1-4H,(H,9,10)(H,11,12);2*3-6H2,1-2H3. The summed E-state index contributed by atoms with van der Waals surface area (Å²) in [4.78, 5) is 30.5. The minimum Gasteiger partial charge on any atom is -0.478 e. The molecule has 0 unspecified atom stereocenters. The summed E-state index contributed by atoms with van der Waals surface area (Å²) in [5, 5.41) is 17.1. The highest BCUT2D eigenvalue weighted by Gasteiger charge is 2.14. The van der Waals surface area contributed by atoms with Crippen molar-refractivity contribution in [1.29, 1.82) is 0 Å². The van der Waals surface area contributed by atoms with Gasteiger partial charge in [-0.25, -0.2) is 9.59 Å². The molecule has 1 aromatic carbocycles. The number of carboxylic acid groups (broad SMARTS) is 2. The molecule has 0 amide bonds. The van der Waals surface area contributed by atoms with Crippen LogP contribution in [0.2, 0.25) is 0 Å². The van der Waals surface area contributed by atoms with Crippen LogP contribution in [0.4, 0.5) is 0 Å². The maximum atomic E-state index is 10.5. The lowest BCUT2D eigenvalue weighted by Gasteiger charge is -2.10. The molecule has 2 saturated heterocycles. The minimum atomic E-state index is -1.23. The molecule has 8 heteroatoms. The van der Waals surface area contributed by atoms with Crippen molar-refractivity contribution in [3.8, 4) is 0 Å². The summed E-state index contributed by atoms with van der Waals surface area (Å²) >= 11 is 0. The van der Waals surface area contributed by atoms with Gasteiger partial charge in [-0.15, -0.1) is 0 Å². The van der Waals surface area contributed by atoms with Gasteiger partial charge in [-0.3, -0.25) is 19.6 Å². The normalized spacial score (nSPS) is 18.1. The van der Waals surface area contributed by atoms with E-state index in [1.165, 1.54) is 63.5 Å². The second-order valence-corrected chi connectivity index (χ2v) is 7.02. The number of benzene rings is 1. The average Bonchev–Trinajstić information content (AvgIpc) is 3.30. The topological polar surface area (TPSA) is 87.6 Å². The molecule has 0 radical (unpaired) electrons. The van der Waals surface area contributed by atoms with Gasteiger partial charge in [0.05, 0.1) is 24.5 Å². The van der Waals surface area contributed by atoms with Crippen LogP contribution in [-0.2, 0) is 0 Å². The van der Waals surface area contributed by atoms with Crippen molar-refractivity contribution in [2.75, 3.05) is 66.7 Å². The van der Waals surface area contributed by atoms with Crippen molar-refractivity contribution in [2.24, 2.45) is 0 Å². The SMILES string of the molecule is CCN1CCN(C)C1.CCN1CCN(C)C1.O=C(O)c1ccccc1C(=O)O. The first kappa shape index (κ1) is 24.0. The van der Waals surface area contributed by atoms with Crippen LogP contribution in [0, 0.1) is 0 Å². The molecule has 0 spiro atoms. The summed E-state index contributed by atoms with van der Waals surface area (Å²) in [6, 6.07) is 5.48. The molecule has 1 aromatic rings. The smallest absolute Gasteiger partial charge is 0.336 e. The maximum Gasteiger partial charge on any atom is 0.336 e. The second-order valence-electron chi connectivity index (χ2n) is 7.02. The predicted octanol–water partition coefficient (Wildman–Crippen LogP) is 1.51. The fourth-order valence-electron chi connectivity index (χ4n) is 2.96. The first-order valence-corrected chi connectivity index (χ1v) is 9.65. The number of nitrogens with zero attached hydrogens (tertiary/aromatic N) is 4. The van der Waals surface area contributed by atoms with Crippen molar-refractivity contribution in [1.82, 2.24) is 19.6 Å². The molecule has 0 saturated carbocycles. The average molecular weight is 395 g/mol. The lowest BCUT2D eigenvalue weighted by molar-refractivity contribution is 0.0651. The summed E-state index contributed by atoms with van der Waals surface area (Å²) in [5.41, 5.74) is -0.380. The number of hydrogen-bond acceptors (Lipinski definition) is 6. The third-order valence-electron chi connectivity index (χ3n) is 4.76. The van der Waals surface area contributed by atoms with Crippen molar-refractivity contribution < 1.29 is 19.8 Å². The first-order chi connectivity index (χ1) is 13.3. The van der Waals surface area contributed by atoms with E-state index >= 15 is 0 Å². The van der Waals surface area contributed by atoms with Crippen LogP contribution in [0.5, 0.6) is 0 Å². The summed E-state index contributed by atoms with van der Waals surface area (Å²) in [5.74, 6) is -2.46. The van der Waals surface area contributed by atoms with Crippen molar-refractivity contribution >= 4 is 11.9 Å². The van der Waals surface area contributed by atoms with Crippen molar-refractivity contribution in [3.05, 3.63) is 35.4 Å². The molecule has 2 fully saturated rings. The van der Waals surface area contributed by atoms with Crippen molar-refractivity contribution in [3.63, 3.8) is 0 Å². The van der Waals surface area contributed by atoms with Crippen molar-refractivity contribution in [2.45, 2.75) is 13.8 Å². The predicted molar refractivity (Wildman–Crippen MR) is 110 cm³/mol. The molecule has 2 aliphatic rings. The quantitative estimate of drug-likeness (QED) is 0.795. The first-order valence-electron chi connectivity index (χ1n) is 9.65. The van der Waals surface area contributed by atoms with Gasteiger partial charge < -0.3 is 10.2 Å². The molecule has 158 valence electrons. The van der Waals surface area contributed by atoms with Crippen LogP contribution in [0.15, 0.2) is 24.3 Å². The van der Waals surface area contributed by atoms with E-state index in [2.05, 4.69) is 47.5 Å². The largest absolute Gasteiger partial charge is 0.478 e. The van der Waals surface area contributed by atoms with Gasteiger partial charge in [0.15, 0.2) is 0 Å². The molecular weight excluding hydrogens is 360 g/mol. The Kier molecular flexibility index (Phi) is 10.7. The number of carbonyl (C=O) groups is 2. The Morgan fingerprint density at radius 3 is 1.32 bits per heavy atom. The van der Waals surface area contributed by atoms with Crippen LogP contribution in [-0.4, -0.2) is 108 Å². The van der Waals surface area contributed by atoms with Crippen LogP contribution < -0.4 is 0 Å². The zero-order valence-electron chi connectivity index (χ0n) is 17.5. The monoisotopic (exact) mass is 394 g/mol. The Balaban J connectivity index is 0.000000217. The molecule has 3 rings (SSSR count). The minimum absolute atomic E-state index is 0.190. The Labute approximate surface area is 167 Å². The van der Waals surface area contributed by atoms with Gasteiger partial charge in [0.25, 0.3) is 0 Å². The lowest BCUT2D eigenvalue weighted by Crippen LogP contribution is -2.22. The molecule has 0 aromatic heterocycles. The van der Waals surface area contributed by atoms with Gasteiger partial charge in [0, 0.05) is 26.2 Å². The van der Waals surface area contributed by atoms with Crippen LogP contribution >= 0.6 is 0 Å². The summed E-state index contributed by atoms with van der Waals surface area (Å²) in [6.45, 7) is 14.1.